The van der Waals surface area contributed by atoms with Crippen molar-refractivity contribution in [1.82, 2.24) is 4.90 Å². The molecule has 0 aliphatic carbocycles. The Bertz CT molecular complexity index is 419. The van der Waals surface area contributed by atoms with Gasteiger partial charge in [0, 0.05) is 31.9 Å². The standard InChI is InChI=1S/C14H21N3O2/c15-9-11-1-3-13(4-2-11)16-14(19)17-7-5-12(10-17)6-8-18/h1-4,12,18H,5-10,15H2,(H,16,19). The Kier molecular flexibility index (Phi) is 4.76. The van der Waals surface area contributed by atoms with Crippen LogP contribution in [0.4, 0.5) is 10.5 Å². The molecule has 0 radical (unpaired) electrons. The Morgan fingerprint density at radius 3 is 2.79 bits per heavy atom. The largest absolute Gasteiger partial charge is 0.396 e. The van der Waals surface area contributed by atoms with Gasteiger partial charge < -0.3 is 21.1 Å². The van der Waals surface area contributed by atoms with E-state index in [9.17, 15) is 4.79 Å². The number of urea groups is 1. The molecule has 5 nitrogen and oxygen atoms in total. The van der Waals surface area contributed by atoms with Gasteiger partial charge in [0.05, 0.1) is 0 Å². The molecule has 1 aliphatic heterocycles. The molecule has 104 valence electrons. The molecule has 0 bridgehead atoms. The van der Waals surface area contributed by atoms with E-state index < -0.39 is 0 Å². The van der Waals surface area contributed by atoms with Gasteiger partial charge in [0.1, 0.15) is 0 Å². The SMILES string of the molecule is NCc1ccc(NC(=O)N2CCC(CCO)C2)cc1. The third-order valence-electron chi connectivity index (χ3n) is 3.55. The second-order valence-corrected chi connectivity index (χ2v) is 4.94. The molecule has 5 heteroatoms. The molecule has 1 aromatic rings. The highest BCUT2D eigenvalue weighted by atomic mass is 16.3. The topological polar surface area (TPSA) is 78.6 Å². The molecular formula is C14H21N3O2. The maximum absolute atomic E-state index is 12.0. The van der Waals surface area contributed by atoms with Gasteiger partial charge in [-0.1, -0.05) is 12.1 Å². The molecule has 1 aliphatic rings. The van der Waals surface area contributed by atoms with Gasteiger partial charge in [-0.25, -0.2) is 4.79 Å². The van der Waals surface area contributed by atoms with Crippen molar-refractivity contribution in [3.8, 4) is 0 Å². The highest BCUT2D eigenvalue weighted by Crippen LogP contribution is 2.20. The average Bonchev–Trinajstić information content (AvgIpc) is 2.89. The summed E-state index contributed by atoms with van der Waals surface area (Å²) in [5.41, 5.74) is 7.36. The van der Waals surface area contributed by atoms with Crippen LogP contribution in [0.15, 0.2) is 24.3 Å². The van der Waals surface area contributed by atoms with Gasteiger partial charge in [0.25, 0.3) is 0 Å². The molecule has 0 spiro atoms. The van der Waals surface area contributed by atoms with Gasteiger partial charge in [0.2, 0.25) is 0 Å². The molecule has 2 amide bonds. The molecule has 1 heterocycles. The first kappa shape index (κ1) is 13.8. The lowest BCUT2D eigenvalue weighted by Crippen LogP contribution is -2.33. The highest BCUT2D eigenvalue weighted by molar-refractivity contribution is 5.89. The van der Waals surface area contributed by atoms with Crippen molar-refractivity contribution in [1.29, 1.82) is 0 Å². The van der Waals surface area contributed by atoms with Crippen molar-refractivity contribution in [2.75, 3.05) is 25.0 Å². The van der Waals surface area contributed by atoms with E-state index in [1.54, 1.807) is 4.90 Å². The Labute approximate surface area is 113 Å². The van der Waals surface area contributed by atoms with E-state index in [1.165, 1.54) is 0 Å². The summed E-state index contributed by atoms with van der Waals surface area (Å²) in [6, 6.07) is 7.48. The van der Waals surface area contributed by atoms with Crippen LogP contribution in [-0.4, -0.2) is 35.7 Å². The number of carbonyl (C=O) groups is 1. The molecule has 2 rings (SSSR count). The lowest BCUT2D eigenvalue weighted by atomic mass is 10.1. The van der Waals surface area contributed by atoms with Crippen molar-refractivity contribution < 1.29 is 9.90 Å². The van der Waals surface area contributed by atoms with E-state index in [-0.39, 0.29) is 12.6 Å². The number of rotatable bonds is 4. The van der Waals surface area contributed by atoms with Crippen molar-refractivity contribution in [2.24, 2.45) is 11.7 Å². The first-order valence-electron chi connectivity index (χ1n) is 6.68. The summed E-state index contributed by atoms with van der Waals surface area (Å²) < 4.78 is 0. The number of likely N-dealkylation sites (tertiary alicyclic amines) is 1. The Morgan fingerprint density at radius 1 is 1.42 bits per heavy atom. The predicted molar refractivity (Wildman–Crippen MR) is 74.7 cm³/mol. The molecule has 4 N–H and O–H groups in total. The quantitative estimate of drug-likeness (QED) is 0.768. The summed E-state index contributed by atoms with van der Waals surface area (Å²) in [4.78, 5) is 13.8. The van der Waals surface area contributed by atoms with Gasteiger partial charge in [-0.15, -0.1) is 0 Å². The second-order valence-electron chi connectivity index (χ2n) is 4.94. The number of hydrogen-bond acceptors (Lipinski definition) is 3. The van der Waals surface area contributed by atoms with Crippen molar-refractivity contribution in [2.45, 2.75) is 19.4 Å². The minimum Gasteiger partial charge on any atom is -0.396 e. The average molecular weight is 263 g/mol. The number of nitrogens with one attached hydrogen (secondary N) is 1. The van der Waals surface area contributed by atoms with Crippen LogP contribution in [0.1, 0.15) is 18.4 Å². The Hall–Kier alpha value is -1.59. The van der Waals surface area contributed by atoms with Crippen molar-refractivity contribution >= 4 is 11.7 Å². The summed E-state index contributed by atoms with van der Waals surface area (Å²) in [6.07, 6.45) is 1.75. The van der Waals surface area contributed by atoms with Gasteiger partial charge in [-0.3, -0.25) is 0 Å². The molecule has 0 aromatic heterocycles. The van der Waals surface area contributed by atoms with Gasteiger partial charge in [-0.05, 0) is 36.5 Å². The number of carbonyl (C=O) groups excluding carboxylic acids is 1. The smallest absolute Gasteiger partial charge is 0.321 e. The summed E-state index contributed by atoms with van der Waals surface area (Å²) in [5, 5.41) is 11.8. The normalized spacial score (nSPS) is 18.6. The van der Waals surface area contributed by atoms with E-state index in [2.05, 4.69) is 5.32 Å². The number of aliphatic hydroxyl groups excluding tert-OH is 1. The van der Waals surface area contributed by atoms with Crippen LogP contribution in [0.25, 0.3) is 0 Å². The van der Waals surface area contributed by atoms with E-state index in [1.807, 2.05) is 24.3 Å². The van der Waals surface area contributed by atoms with Crippen LogP contribution in [0.5, 0.6) is 0 Å². The summed E-state index contributed by atoms with van der Waals surface area (Å²) in [6.45, 7) is 2.19. The minimum atomic E-state index is -0.0686. The third kappa shape index (κ3) is 3.68. The maximum Gasteiger partial charge on any atom is 0.321 e. The number of aliphatic hydroxyl groups is 1. The number of anilines is 1. The van der Waals surface area contributed by atoms with Crippen LogP contribution in [0.2, 0.25) is 0 Å². The molecule has 1 atom stereocenters. The van der Waals surface area contributed by atoms with Gasteiger partial charge in [0.15, 0.2) is 0 Å². The van der Waals surface area contributed by atoms with E-state index >= 15 is 0 Å². The molecular weight excluding hydrogens is 242 g/mol. The lowest BCUT2D eigenvalue weighted by molar-refractivity contribution is 0.217. The monoisotopic (exact) mass is 263 g/mol. The molecule has 1 fully saturated rings. The number of hydrogen-bond donors (Lipinski definition) is 3. The van der Waals surface area contributed by atoms with Crippen LogP contribution in [0.3, 0.4) is 0 Å². The van der Waals surface area contributed by atoms with Crippen LogP contribution >= 0.6 is 0 Å². The van der Waals surface area contributed by atoms with Crippen molar-refractivity contribution in [3.63, 3.8) is 0 Å². The molecule has 1 aromatic carbocycles. The minimum absolute atomic E-state index is 0.0686. The van der Waals surface area contributed by atoms with E-state index in [0.717, 1.165) is 37.2 Å². The fourth-order valence-corrected chi connectivity index (χ4v) is 2.36. The number of nitrogens with zero attached hydrogens (tertiary/aromatic N) is 1. The fraction of sp³-hybridized carbons (Fsp3) is 0.500. The molecule has 19 heavy (non-hydrogen) atoms. The van der Waals surface area contributed by atoms with Crippen molar-refractivity contribution in [3.05, 3.63) is 29.8 Å². The number of benzene rings is 1. The first-order chi connectivity index (χ1) is 9.22. The van der Waals surface area contributed by atoms with Gasteiger partial charge >= 0.3 is 6.03 Å². The third-order valence-corrected chi connectivity index (χ3v) is 3.55. The number of amides is 2. The van der Waals surface area contributed by atoms with Crippen LogP contribution in [-0.2, 0) is 6.54 Å². The predicted octanol–water partition coefficient (Wildman–Crippen LogP) is 1.38. The zero-order valence-electron chi connectivity index (χ0n) is 11.0. The van der Waals surface area contributed by atoms with Crippen LogP contribution in [0, 0.1) is 5.92 Å². The fourth-order valence-electron chi connectivity index (χ4n) is 2.36. The van der Waals surface area contributed by atoms with E-state index in [0.29, 0.717) is 12.5 Å². The van der Waals surface area contributed by atoms with Gasteiger partial charge in [-0.2, -0.15) is 0 Å². The maximum atomic E-state index is 12.0. The van der Waals surface area contributed by atoms with Crippen LogP contribution < -0.4 is 11.1 Å². The summed E-state index contributed by atoms with van der Waals surface area (Å²) in [7, 11) is 0. The Balaban J connectivity index is 1.87. The molecule has 0 saturated carbocycles. The molecule has 1 saturated heterocycles. The highest BCUT2D eigenvalue weighted by Gasteiger charge is 2.25. The molecule has 1 unspecified atom stereocenters. The van der Waals surface area contributed by atoms with E-state index in [4.69, 9.17) is 10.8 Å². The lowest BCUT2D eigenvalue weighted by Gasteiger charge is -2.17. The Morgan fingerprint density at radius 2 is 2.16 bits per heavy atom. The number of nitrogens with two attached hydrogens (primary N) is 1. The zero-order chi connectivity index (χ0) is 13.7. The summed E-state index contributed by atoms with van der Waals surface area (Å²) in [5.74, 6) is 0.426. The second kappa shape index (κ2) is 6.54. The zero-order valence-corrected chi connectivity index (χ0v) is 11.0. The first-order valence-corrected chi connectivity index (χ1v) is 6.68. The summed E-state index contributed by atoms with van der Waals surface area (Å²) >= 11 is 0.